The second-order valence-corrected chi connectivity index (χ2v) is 9.01. The van der Waals surface area contributed by atoms with E-state index in [-0.39, 0.29) is 19.8 Å². The molecule has 136 valence electrons. The fourth-order valence-corrected chi connectivity index (χ4v) is 4.72. The van der Waals surface area contributed by atoms with Crippen LogP contribution in [0.3, 0.4) is 0 Å². The van der Waals surface area contributed by atoms with Gasteiger partial charge in [0.25, 0.3) is 0 Å². The van der Waals surface area contributed by atoms with Crippen LogP contribution in [0.5, 0.6) is 0 Å². The van der Waals surface area contributed by atoms with Crippen LogP contribution in [0.1, 0.15) is 19.4 Å². The molecule has 0 fully saturated rings. The van der Waals surface area contributed by atoms with Crippen molar-refractivity contribution >= 4 is 48.5 Å². The van der Waals surface area contributed by atoms with Crippen molar-refractivity contribution in [1.82, 2.24) is 5.32 Å². The van der Waals surface area contributed by atoms with E-state index in [0.717, 1.165) is 5.56 Å². The quantitative estimate of drug-likeness (QED) is 0.481. The summed E-state index contributed by atoms with van der Waals surface area (Å²) in [5.41, 5.74) is 0.774. The molecule has 1 amide bonds. The summed E-state index contributed by atoms with van der Waals surface area (Å²) in [7, 11) is -3.91. The second kappa shape index (κ2) is 9.85. The van der Waals surface area contributed by atoms with Crippen molar-refractivity contribution < 1.29 is 23.1 Å². The molecule has 0 aromatic heterocycles. The Morgan fingerprint density at radius 3 is 2.17 bits per heavy atom. The monoisotopic (exact) mass is 417 g/mol. The SMILES string of the molecule is CCOP(=O)(OCC)C(NC(=O)OCc1ccccc1)C(Cl)(Cl)Cl. The lowest BCUT2D eigenvalue weighted by atomic mass is 10.2. The number of carbonyl (C=O) groups excluding carboxylic acids is 1. The lowest BCUT2D eigenvalue weighted by molar-refractivity contribution is 0.134. The van der Waals surface area contributed by atoms with E-state index in [1.807, 2.05) is 6.07 Å². The minimum atomic E-state index is -3.91. The Balaban J connectivity index is 2.82. The summed E-state index contributed by atoms with van der Waals surface area (Å²) in [4.78, 5) is 12.0. The van der Waals surface area contributed by atoms with E-state index < -0.39 is 23.3 Å². The summed E-state index contributed by atoms with van der Waals surface area (Å²) in [6.45, 7) is 3.32. The normalized spacial score (nSPS) is 13.4. The number of hydrogen-bond acceptors (Lipinski definition) is 5. The van der Waals surface area contributed by atoms with Crippen LogP contribution >= 0.6 is 42.4 Å². The zero-order valence-corrected chi connectivity index (χ0v) is 16.4. The molecule has 0 aliphatic rings. The van der Waals surface area contributed by atoms with Crippen LogP contribution in [0, 0.1) is 0 Å². The topological polar surface area (TPSA) is 73.9 Å². The maximum Gasteiger partial charge on any atom is 0.408 e. The van der Waals surface area contributed by atoms with Gasteiger partial charge in [-0.15, -0.1) is 0 Å². The first kappa shape index (κ1) is 21.6. The molecule has 1 aromatic carbocycles. The molecule has 0 saturated heterocycles. The van der Waals surface area contributed by atoms with E-state index in [4.69, 9.17) is 48.6 Å². The zero-order chi connectivity index (χ0) is 18.2. The number of ether oxygens (including phenoxy) is 1. The number of amides is 1. The van der Waals surface area contributed by atoms with Gasteiger partial charge in [0.1, 0.15) is 6.61 Å². The Kier molecular flexibility index (Phi) is 8.85. The van der Waals surface area contributed by atoms with Crippen molar-refractivity contribution in [3.63, 3.8) is 0 Å². The minimum absolute atomic E-state index is 0.00677. The van der Waals surface area contributed by atoms with Crippen LogP contribution in [0.4, 0.5) is 4.79 Å². The van der Waals surface area contributed by atoms with Gasteiger partial charge in [0.15, 0.2) is 5.78 Å². The molecule has 0 aliphatic heterocycles. The number of carbonyl (C=O) groups is 1. The van der Waals surface area contributed by atoms with E-state index in [2.05, 4.69) is 5.32 Å². The third kappa shape index (κ3) is 6.79. The smallest absolute Gasteiger partial charge is 0.408 e. The lowest BCUT2D eigenvalue weighted by Gasteiger charge is -2.31. The highest BCUT2D eigenvalue weighted by molar-refractivity contribution is 7.55. The maximum atomic E-state index is 12.8. The molecule has 0 aliphatic carbocycles. The molecule has 0 bridgehead atoms. The zero-order valence-electron chi connectivity index (χ0n) is 13.2. The van der Waals surface area contributed by atoms with Crippen LogP contribution < -0.4 is 5.32 Å². The number of alkyl carbamates (subject to hydrolysis) is 1. The summed E-state index contributed by atoms with van der Waals surface area (Å²) >= 11 is 17.5. The molecule has 0 spiro atoms. The average molecular weight is 419 g/mol. The van der Waals surface area contributed by atoms with E-state index in [0.29, 0.717) is 0 Å². The molecule has 0 heterocycles. The molecule has 1 atom stereocenters. The number of hydrogen-bond donors (Lipinski definition) is 1. The first-order valence-corrected chi connectivity index (χ1v) is 9.90. The fraction of sp³-hybridized carbons (Fsp3) is 0.500. The van der Waals surface area contributed by atoms with Gasteiger partial charge >= 0.3 is 13.7 Å². The summed E-state index contributed by atoms with van der Waals surface area (Å²) in [6.07, 6.45) is -0.908. The maximum absolute atomic E-state index is 12.8. The van der Waals surface area contributed by atoms with E-state index in [1.165, 1.54) is 0 Å². The van der Waals surface area contributed by atoms with Crippen molar-refractivity contribution in [2.24, 2.45) is 0 Å². The molecule has 6 nitrogen and oxygen atoms in total. The fourth-order valence-electron chi connectivity index (χ4n) is 1.76. The Morgan fingerprint density at radius 2 is 1.71 bits per heavy atom. The van der Waals surface area contributed by atoms with Gasteiger partial charge in [-0.2, -0.15) is 0 Å². The van der Waals surface area contributed by atoms with Crippen molar-refractivity contribution in [1.29, 1.82) is 0 Å². The van der Waals surface area contributed by atoms with Crippen molar-refractivity contribution in [3.8, 4) is 0 Å². The van der Waals surface area contributed by atoms with Crippen LogP contribution in [0.2, 0.25) is 0 Å². The van der Waals surface area contributed by atoms with Crippen LogP contribution in [-0.2, 0) is 25.0 Å². The van der Waals surface area contributed by atoms with Gasteiger partial charge in [-0.1, -0.05) is 65.1 Å². The molecule has 1 unspecified atom stereocenters. The molecule has 1 rings (SSSR count). The number of halogens is 3. The second-order valence-electron chi connectivity index (χ2n) is 4.53. The van der Waals surface area contributed by atoms with Gasteiger partial charge in [-0.05, 0) is 19.4 Å². The largest absolute Gasteiger partial charge is 0.445 e. The Bertz CT molecular complexity index is 557. The Morgan fingerprint density at radius 1 is 1.17 bits per heavy atom. The van der Waals surface area contributed by atoms with Gasteiger partial charge in [0.05, 0.1) is 13.2 Å². The predicted molar refractivity (Wildman–Crippen MR) is 94.7 cm³/mol. The third-order valence-corrected chi connectivity index (χ3v) is 6.21. The summed E-state index contributed by atoms with van der Waals surface area (Å²) < 4.78 is 26.0. The van der Waals surface area contributed by atoms with Crippen molar-refractivity contribution in [2.45, 2.75) is 30.0 Å². The lowest BCUT2D eigenvalue weighted by Crippen LogP contribution is -2.44. The van der Waals surface area contributed by atoms with Gasteiger partial charge in [0, 0.05) is 0 Å². The Labute approximate surface area is 156 Å². The number of rotatable bonds is 8. The number of nitrogens with one attached hydrogen (secondary N) is 1. The standard InChI is InChI=1S/C14H19Cl3NO5P/c1-3-22-24(20,23-4-2)12(14(15,16)17)18-13(19)21-10-11-8-6-5-7-9-11/h5-9,12H,3-4,10H2,1-2H3,(H,18,19). The molecular weight excluding hydrogens is 399 g/mol. The van der Waals surface area contributed by atoms with Gasteiger partial charge in [-0.3, -0.25) is 4.57 Å². The van der Waals surface area contributed by atoms with Crippen LogP contribution in [0.25, 0.3) is 0 Å². The highest BCUT2D eigenvalue weighted by atomic mass is 35.6. The minimum Gasteiger partial charge on any atom is -0.445 e. The molecule has 1 N–H and O–H groups in total. The van der Waals surface area contributed by atoms with Gasteiger partial charge < -0.3 is 19.1 Å². The van der Waals surface area contributed by atoms with Crippen LogP contribution in [-0.4, -0.2) is 28.9 Å². The Hall–Kier alpha value is -0.490. The van der Waals surface area contributed by atoms with Crippen LogP contribution in [0.15, 0.2) is 30.3 Å². The van der Waals surface area contributed by atoms with E-state index in [9.17, 15) is 9.36 Å². The third-order valence-electron chi connectivity index (χ3n) is 2.71. The van der Waals surface area contributed by atoms with E-state index in [1.54, 1.807) is 38.1 Å². The van der Waals surface area contributed by atoms with Crippen molar-refractivity contribution in [2.75, 3.05) is 13.2 Å². The highest BCUT2D eigenvalue weighted by Crippen LogP contribution is 2.58. The molecule has 1 aromatic rings. The first-order chi connectivity index (χ1) is 11.2. The number of alkyl halides is 3. The van der Waals surface area contributed by atoms with Crippen molar-refractivity contribution in [3.05, 3.63) is 35.9 Å². The molecule has 0 radical (unpaired) electrons. The molecule has 24 heavy (non-hydrogen) atoms. The predicted octanol–water partition coefficient (Wildman–Crippen LogP) is 4.88. The summed E-state index contributed by atoms with van der Waals surface area (Å²) in [5, 5.41) is 2.27. The molecular formula is C14H19Cl3NO5P. The average Bonchev–Trinajstić information content (AvgIpc) is 2.51. The molecule has 10 heteroatoms. The summed E-state index contributed by atoms with van der Waals surface area (Å²) in [5.74, 6) is -1.52. The summed E-state index contributed by atoms with van der Waals surface area (Å²) in [6, 6.07) is 9.01. The first-order valence-electron chi connectivity index (χ1n) is 7.15. The van der Waals surface area contributed by atoms with E-state index >= 15 is 0 Å². The number of benzene rings is 1. The van der Waals surface area contributed by atoms with Gasteiger partial charge in [0.2, 0.25) is 3.79 Å². The molecule has 0 saturated carbocycles. The van der Waals surface area contributed by atoms with Gasteiger partial charge in [-0.25, -0.2) is 4.79 Å². The highest BCUT2D eigenvalue weighted by Gasteiger charge is 2.50.